The molecule has 0 fully saturated rings. The third-order valence-corrected chi connectivity index (χ3v) is 5.06. The molecule has 6 heteroatoms. The molecule has 0 saturated heterocycles. The molecule has 27 heavy (non-hydrogen) atoms. The van der Waals surface area contributed by atoms with Gasteiger partial charge in [0.2, 0.25) is 5.78 Å². The Balaban J connectivity index is 2.21. The molecule has 1 aliphatic heterocycles. The van der Waals surface area contributed by atoms with E-state index >= 15 is 0 Å². The van der Waals surface area contributed by atoms with Crippen molar-refractivity contribution in [3.8, 4) is 0 Å². The second-order valence-corrected chi connectivity index (χ2v) is 6.92. The second kappa shape index (κ2) is 8.05. The Morgan fingerprint density at radius 1 is 1.07 bits per heavy atom. The van der Waals surface area contributed by atoms with Crippen LogP contribution in [-0.4, -0.2) is 28.6 Å². The normalized spacial score (nSPS) is 19.0. The number of anilines is 2. The molecule has 0 bridgehead atoms. The van der Waals surface area contributed by atoms with Crippen LogP contribution in [0.4, 0.5) is 11.4 Å². The largest absolute Gasteiger partial charge is 0.440 e. The highest BCUT2D eigenvalue weighted by molar-refractivity contribution is 9.09. The molecule has 140 valence electrons. The number of nitrogens with zero attached hydrogens (tertiary/aromatic N) is 1. The molecule has 2 aromatic rings. The highest BCUT2D eigenvalue weighted by Crippen LogP contribution is 2.41. The molecule has 0 radical (unpaired) electrons. The standard InChI is InChI=1S/C21H20BrNO4/c1-2-3-13-21(27-18(24)14-22)19(25)16-11-7-8-12-17(16)23(20(21)26)15-9-5-4-6-10-15/h4-12H,2-3,13-14H2,1H3. The van der Waals surface area contributed by atoms with Gasteiger partial charge in [0.15, 0.2) is 0 Å². The number of benzene rings is 2. The number of ketones is 1. The molecular formula is C21H20BrNO4. The van der Waals surface area contributed by atoms with E-state index in [-0.39, 0.29) is 11.8 Å². The Bertz CT molecular complexity index is 867. The van der Waals surface area contributed by atoms with E-state index in [0.717, 1.165) is 6.42 Å². The Morgan fingerprint density at radius 3 is 2.41 bits per heavy atom. The van der Waals surface area contributed by atoms with Gasteiger partial charge in [-0.3, -0.25) is 19.3 Å². The van der Waals surface area contributed by atoms with Gasteiger partial charge >= 0.3 is 5.97 Å². The van der Waals surface area contributed by atoms with E-state index in [0.29, 0.717) is 23.4 Å². The SMILES string of the molecule is CCCCC1(OC(=O)CBr)C(=O)c2ccccc2N(c2ccccc2)C1=O. The first-order valence-electron chi connectivity index (χ1n) is 8.86. The number of halogens is 1. The monoisotopic (exact) mass is 429 g/mol. The number of alkyl halides is 1. The summed E-state index contributed by atoms with van der Waals surface area (Å²) in [5.41, 5.74) is -0.344. The average Bonchev–Trinajstić information content (AvgIpc) is 2.71. The van der Waals surface area contributed by atoms with Gasteiger partial charge in [-0.15, -0.1) is 0 Å². The Morgan fingerprint density at radius 2 is 1.74 bits per heavy atom. The van der Waals surface area contributed by atoms with Crippen LogP contribution in [-0.2, 0) is 14.3 Å². The number of rotatable bonds is 6. The molecule has 0 aromatic heterocycles. The molecule has 0 saturated carbocycles. The molecule has 2 aromatic carbocycles. The minimum atomic E-state index is -1.84. The van der Waals surface area contributed by atoms with Crippen molar-refractivity contribution in [3.63, 3.8) is 0 Å². The van der Waals surface area contributed by atoms with Crippen LogP contribution in [0.15, 0.2) is 54.6 Å². The number of unbranched alkanes of at least 4 members (excludes halogenated alkanes) is 1. The van der Waals surface area contributed by atoms with Gasteiger partial charge in [-0.25, -0.2) is 0 Å². The fourth-order valence-corrected chi connectivity index (χ4v) is 3.42. The summed E-state index contributed by atoms with van der Waals surface area (Å²) in [6, 6.07) is 16.0. The number of carbonyl (C=O) groups is 3. The molecule has 3 rings (SSSR count). The van der Waals surface area contributed by atoms with Gasteiger partial charge in [0, 0.05) is 17.7 Å². The van der Waals surface area contributed by atoms with Crippen molar-refractivity contribution in [2.45, 2.75) is 31.8 Å². The van der Waals surface area contributed by atoms with Crippen LogP contribution in [0.5, 0.6) is 0 Å². The summed E-state index contributed by atoms with van der Waals surface area (Å²) in [6.45, 7) is 1.96. The van der Waals surface area contributed by atoms with E-state index < -0.39 is 23.3 Å². The number of para-hydroxylation sites is 2. The number of amides is 1. The molecule has 0 N–H and O–H groups in total. The van der Waals surface area contributed by atoms with Crippen LogP contribution < -0.4 is 4.90 Å². The predicted molar refractivity (Wildman–Crippen MR) is 107 cm³/mol. The summed E-state index contributed by atoms with van der Waals surface area (Å²) in [6.07, 6.45) is 1.50. The quantitative estimate of drug-likeness (QED) is 0.387. The third kappa shape index (κ3) is 3.41. The molecule has 0 aliphatic carbocycles. The lowest BCUT2D eigenvalue weighted by Crippen LogP contribution is -2.59. The van der Waals surface area contributed by atoms with Crippen molar-refractivity contribution in [2.24, 2.45) is 0 Å². The first kappa shape index (κ1) is 19.3. The van der Waals surface area contributed by atoms with Crippen molar-refractivity contribution in [1.29, 1.82) is 0 Å². The maximum atomic E-state index is 13.6. The molecule has 1 unspecified atom stereocenters. The van der Waals surface area contributed by atoms with Crippen molar-refractivity contribution >= 4 is 45.0 Å². The Kier molecular flexibility index (Phi) is 5.75. The van der Waals surface area contributed by atoms with Crippen molar-refractivity contribution in [2.75, 3.05) is 10.2 Å². The summed E-state index contributed by atoms with van der Waals surface area (Å²) in [4.78, 5) is 40.5. The van der Waals surface area contributed by atoms with Gasteiger partial charge in [-0.2, -0.15) is 0 Å². The first-order valence-corrected chi connectivity index (χ1v) is 9.98. The minimum absolute atomic E-state index is 0.0889. The first-order chi connectivity index (χ1) is 13.0. The summed E-state index contributed by atoms with van der Waals surface area (Å²) in [7, 11) is 0. The van der Waals surface area contributed by atoms with Crippen molar-refractivity contribution < 1.29 is 19.1 Å². The van der Waals surface area contributed by atoms with E-state index in [1.54, 1.807) is 36.4 Å². The zero-order valence-electron chi connectivity index (χ0n) is 15.0. The number of hydrogen-bond acceptors (Lipinski definition) is 4. The number of hydrogen-bond donors (Lipinski definition) is 0. The van der Waals surface area contributed by atoms with E-state index in [1.165, 1.54) is 4.90 Å². The number of Topliss-reactive ketones (excluding diaryl/α,β-unsaturated/α-hetero) is 1. The lowest BCUT2D eigenvalue weighted by molar-refractivity contribution is -0.160. The van der Waals surface area contributed by atoms with Gasteiger partial charge < -0.3 is 4.74 Å². The lowest BCUT2D eigenvalue weighted by Gasteiger charge is -2.40. The fourth-order valence-electron chi connectivity index (χ4n) is 3.31. The highest BCUT2D eigenvalue weighted by Gasteiger charge is 2.56. The van der Waals surface area contributed by atoms with Gasteiger partial charge in [0.1, 0.15) is 5.33 Å². The van der Waals surface area contributed by atoms with E-state index in [9.17, 15) is 14.4 Å². The Hall–Kier alpha value is -2.47. The van der Waals surface area contributed by atoms with Crippen molar-refractivity contribution in [1.82, 2.24) is 0 Å². The minimum Gasteiger partial charge on any atom is -0.440 e. The van der Waals surface area contributed by atoms with Crippen LogP contribution in [0.1, 0.15) is 36.5 Å². The lowest BCUT2D eigenvalue weighted by atomic mass is 9.81. The van der Waals surface area contributed by atoms with Crippen LogP contribution >= 0.6 is 15.9 Å². The van der Waals surface area contributed by atoms with Crippen LogP contribution in [0.2, 0.25) is 0 Å². The highest BCUT2D eigenvalue weighted by atomic mass is 79.9. The zero-order valence-corrected chi connectivity index (χ0v) is 16.6. The molecule has 1 amide bonds. The molecule has 1 aliphatic rings. The van der Waals surface area contributed by atoms with Gasteiger partial charge in [-0.05, 0) is 30.7 Å². The summed E-state index contributed by atoms with van der Waals surface area (Å²) >= 11 is 3.05. The van der Waals surface area contributed by atoms with Crippen LogP contribution in [0.25, 0.3) is 0 Å². The number of esters is 1. The zero-order chi connectivity index (χ0) is 19.4. The van der Waals surface area contributed by atoms with Crippen LogP contribution in [0.3, 0.4) is 0 Å². The van der Waals surface area contributed by atoms with E-state index in [1.807, 2.05) is 25.1 Å². The summed E-state index contributed by atoms with van der Waals surface area (Å²) < 4.78 is 5.54. The van der Waals surface area contributed by atoms with Gasteiger partial charge in [0.05, 0.1) is 5.69 Å². The predicted octanol–water partition coefficient (Wildman–Crippen LogP) is 4.41. The fraction of sp³-hybridized carbons (Fsp3) is 0.286. The second-order valence-electron chi connectivity index (χ2n) is 6.36. The van der Waals surface area contributed by atoms with E-state index in [4.69, 9.17) is 4.74 Å². The summed E-state index contributed by atoms with van der Waals surface area (Å²) in [5, 5.41) is -0.0889. The maximum Gasteiger partial charge on any atom is 0.318 e. The van der Waals surface area contributed by atoms with Crippen LogP contribution in [0, 0.1) is 0 Å². The molecule has 5 nitrogen and oxygen atoms in total. The number of ether oxygens (including phenoxy) is 1. The molecule has 0 spiro atoms. The topological polar surface area (TPSA) is 63.7 Å². The Labute approximate surface area is 166 Å². The maximum absolute atomic E-state index is 13.6. The molecule has 1 heterocycles. The van der Waals surface area contributed by atoms with Gasteiger partial charge in [0.25, 0.3) is 11.5 Å². The van der Waals surface area contributed by atoms with Crippen molar-refractivity contribution in [3.05, 3.63) is 60.2 Å². The van der Waals surface area contributed by atoms with Gasteiger partial charge in [-0.1, -0.05) is 59.6 Å². The number of fused-ring (bicyclic) bond motifs is 1. The summed E-state index contributed by atoms with van der Waals surface area (Å²) in [5.74, 6) is -1.63. The number of carbonyl (C=O) groups excluding carboxylic acids is 3. The molecular weight excluding hydrogens is 410 g/mol. The smallest absolute Gasteiger partial charge is 0.318 e. The molecule has 1 atom stereocenters. The van der Waals surface area contributed by atoms with E-state index in [2.05, 4.69) is 15.9 Å². The third-order valence-electron chi connectivity index (χ3n) is 4.60. The average molecular weight is 430 g/mol.